The summed E-state index contributed by atoms with van der Waals surface area (Å²) < 4.78 is 13.4. The minimum atomic E-state index is -0.239. The molecular weight excluding hydrogens is 263 g/mol. The fourth-order valence-electron chi connectivity index (χ4n) is 2.79. The Morgan fingerprint density at radius 2 is 2.05 bits per heavy atom. The van der Waals surface area contributed by atoms with Crippen LogP contribution in [-0.2, 0) is 6.54 Å². The van der Waals surface area contributed by atoms with Gasteiger partial charge in [0, 0.05) is 12.1 Å². The van der Waals surface area contributed by atoms with Crippen molar-refractivity contribution in [3.05, 3.63) is 35.1 Å². The summed E-state index contributed by atoms with van der Waals surface area (Å²) in [5.74, 6) is 5.57. The molecule has 2 rings (SSSR count). The first-order chi connectivity index (χ1) is 10.1. The lowest BCUT2D eigenvalue weighted by molar-refractivity contribution is 0.109. The highest BCUT2D eigenvalue weighted by Gasteiger charge is 2.28. The Morgan fingerprint density at radius 3 is 2.67 bits per heavy atom. The number of likely N-dealkylation sites (tertiary alicyclic amines) is 1. The van der Waals surface area contributed by atoms with Crippen molar-refractivity contribution in [3.63, 3.8) is 0 Å². The van der Waals surface area contributed by atoms with E-state index >= 15 is 0 Å². The van der Waals surface area contributed by atoms with Crippen LogP contribution < -0.4 is 5.73 Å². The Hall–Kier alpha value is -1.37. The number of hydrogen-bond donors (Lipinski definition) is 1. The molecule has 0 atom stereocenters. The number of hydrogen-bond acceptors (Lipinski definition) is 2. The summed E-state index contributed by atoms with van der Waals surface area (Å²) in [7, 11) is 0. The van der Waals surface area contributed by atoms with E-state index in [1.165, 1.54) is 31.4 Å². The molecule has 1 heterocycles. The van der Waals surface area contributed by atoms with Crippen molar-refractivity contribution in [1.29, 1.82) is 0 Å². The van der Waals surface area contributed by atoms with Gasteiger partial charge in [-0.3, -0.25) is 4.90 Å². The molecule has 0 aliphatic carbocycles. The van der Waals surface area contributed by atoms with Crippen molar-refractivity contribution >= 4 is 0 Å². The third-order valence-corrected chi connectivity index (χ3v) is 4.71. The normalized spacial score (nSPS) is 18.1. The summed E-state index contributed by atoms with van der Waals surface area (Å²) in [4.78, 5) is 2.44. The van der Waals surface area contributed by atoms with Gasteiger partial charge in [-0.05, 0) is 49.0 Å². The summed E-state index contributed by atoms with van der Waals surface area (Å²) in [6, 6.07) is 4.88. The van der Waals surface area contributed by atoms with Gasteiger partial charge in [0.25, 0.3) is 0 Å². The first kappa shape index (κ1) is 16.0. The Morgan fingerprint density at radius 1 is 1.33 bits per heavy atom. The number of nitrogens with two attached hydrogens (primary N) is 1. The molecule has 2 nitrogen and oxygen atoms in total. The van der Waals surface area contributed by atoms with E-state index in [0.29, 0.717) is 12.0 Å². The van der Waals surface area contributed by atoms with Crippen LogP contribution >= 0.6 is 0 Å². The topological polar surface area (TPSA) is 29.3 Å². The molecule has 114 valence electrons. The van der Waals surface area contributed by atoms with Crippen molar-refractivity contribution in [1.82, 2.24) is 4.90 Å². The molecule has 1 aromatic rings. The largest absolute Gasteiger partial charge is 0.320 e. The molecule has 0 saturated carbocycles. The highest BCUT2D eigenvalue weighted by atomic mass is 19.1. The van der Waals surface area contributed by atoms with Gasteiger partial charge in [-0.2, -0.15) is 0 Å². The molecule has 1 saturated heterocycles. The van der Waals surface area contributed by atoms with Gasteiger partial charge in [0.2, 0.25) is 0 Å². The van der Waals surface area contributed by atoms with Crippen molar-refractivity contribution < 1.29 is 4.39 Å². The average Bonchev–Trinajstić information content (AvgIpc) is 2.50. The summed E-state index contributed by atoms with van der Waals surface area (Å²) >= 11 is 0. The van der Waals surface area contributed by atoms with Gasteiger partial charge in [0.15, 0.2) is 0 Å². The molecule has 21 heavy (non-hydrogen) atoms. The van der Waals surface area contributed by atoms with Crippen LogP contribution in [0.25, 0.3) is 0 Å². The van der Waals surface area contributed by atoms with E-state index in [1.54, 1.807) is 0 Å². The second kappa shape index (κ2) is 7.06. The zero-order chi connectivity index (χ0) is 15.3. The molecule has 1 fully saturated rings. The van der Waals surface area contributed by atoms with Crippen molar-refractivity contribution in [2.24, 2.45) is 11.1 Å². The lowest BCUT2D eigenvalue weighted by Gasteiger charge is -2.39. The maximum absolute atomic E-state index is 13.4. The zero-order valence-corrected chi connectivity index (χ0v) is 13.1. The third kappa shape index (κ3) is 4.30. The molecule has 0 spiro atoms. The highest BCUT2D eigenvalue weighted by Crippen LogP contribution is 2.34. The molecule has 2 N–H and O–H groups in total. The molecule has 1 aliphatic heterocycles. The second-order valence-corrected chi connectivity index (χ2v) is 6.25. The summed E-state index contributed by atoms with van der Waals surface area (Å²) in [6.07, 6.45) is 3.70. The lowest BCUT2D eigenvalue weighted by atomic mass is 9.78. The highest BCUT2D eigenvalue weighted by molar-refractivity contribution is 5.42. The third-order valence-electron chi connectivity index (χ3n) is 4.71. The van der Waals surface area contributed by atoms with Gasteiger partial charge in [0.05, 0.1) is 6.54 Å². The summed E-state index contributed by atoms with van der Waals surface area (Å²) in [5.41, 5.74) is 7.77. The zero-order valence-electron chi connectivity index (χ0n) is 13.1. The van der Waals surface area contributed by atoms with Gasteiger partial charge in [-0.15, -0.1) is 0 Å². The minimum Gasteiger partial charge on any atom is -0.320 e. The van der Waals surface area contributed by atoms with E-state index in [1.807, 2.05) is 6.07 Å². The Labute approximate surface area is 127 Å². The standard InChI is InChI=1S/C18H25FN2/c1-3-18(2)8-11-21(12-9-18)14-16-6-7-17(19)13-15(16)5-4-10-20/h6-7,13H,3,8-12,14,20H2,1-2H3. The molecule has 0 aromatic heterocycles. The van der Waals surface area contributed by atoms with Crippen LogP contribution in [0.5, 0.6) is 0 Å². The van der Waals surface area contributed by atoms with Crippen molar-refractivity contribution in [2.75, 3.05) is 19.6 Å². The molecule has 0 bridgehead atoms. The number of rotatable bonds is 3. The van der Waals surface area contributed by atoms with Crippen molar-refractivity contribution in [3.8, 4) is 11.8 Å². The molecule has 0 amide bonds. The summed E-state index contributed by atoms with van der Waals surface area (Å²) in [5, 5.41) is 0. The SMILES string of the molecule is CCC1(C)CCN(Cc2ccc(F)cc2C#CCN)CC1. The van der Waals surface area contributed by atoms with Crippen LogP contribution in [-0.4, -0.2) is 24.5 Å². The molecule has 0 unspecified atom stereocenters. The quantitative estimate of drug-likeness (QED) is 0.866. The minimum absolute atomic E-state index is 0.239. The Balaban J connectivity index is 2.07. The maximum atomic E-state index is 13.4. The smallest absolute Gasteiger partial charge is 0.124 e. The van der Waals surface area contributed by atoms with E-state index in [-0.39, 0.29) is 5.82 Å². The molecule has 0 radical (unpaired) electrons. The van der Waals surface area contributed by atoms with Gasteiger partial charge in [-0.25, -0.2) is 4.39 Å². The number of piperidine rings is 1. The van der Waals surface area contributed by atoms with Crippen LogP contribution in [0.4, 0.5) is 4.39 Å². The first-order valence-corrected chi connectivity index (χ1v) is 7.76. The van der Waals surface area contributed by atoms with Crippen LogP contribution in [0, 0.1) is 23.1 Å². The van der Waals surface area contributed by atoms with Crippen LogP contribution in [0.3, 0.4) is 0 Å². The van der Waals surface area contributed by atoms with Gasteiger partial charge in [-0.1, -0.05) is 38.2 Å². The fourth-order valence-corrected chi connectivity index (χ4v) is 2.79. The predicted octanol–water partition coefficient (Wildman–Crippen LogP) is 3.15. The molecule has 1 aliphatic rings. The first-order valence-electron chi connectivity index (χ1n) is 7.76. The van der Waals surface area contributed by atoms with Crippen LogP contribution in [0.15, 0.2) is 18.2 Å². The monoisotopic (exact) mass is 288 g/mol. The van der Waals surface area contributed by atoms with Gasteiger partial charge < -0.3 is 5.73 Å². The van der Waals surface area contributed by atoms with Crippen LogP contribution in [0.2, 0.25) is 0 Å². The fraction of sp³-hybridized carbons (Fsp3) is 0.556. The number of halogens is 1. The van der Waals surface area contributed by atoms with E-state index in [4.69, 9.17) is 5.73 Å². The van der Waals surface area contributed by atoms with Crippen molar-refractivity contribution in [2.45, 2.75) is 39.7 Å². The van der Waals surface area contributed by atoms with E-state index < -0.39 is 0 Å². The van der Waals surface area contributed by atoms with Gasteiger partial charge in [0.1, 0.15) is 5.82 Å². The molecule has 1 aromatic carbocycles. The average molecular weight is 288 g/mol. The number of nitrogens with zero attached hydrogens (tertiary/aromatic N) is 1. The van der Waals surface area contributed by atoms with Gasteiger partial charge >= 0.3 is 0 Å². The lowest BCUT2D eigenvalue weighted by Crippen LogP contribution is -2.38. The second-order valence-electron chi connectivity index (χ2n) is 6.25. The van der Waals surface area contributed by atoms with Crippen LogP contribution in [0.1, 0.15) is 44.2 Å². The number of benzene rings is 1. The summed E-state index contributed by atoms with van der Waals surface area (Å²) in [6.45, 7) is 8.00. The van der Waals surface area contributed by atoms with E-state index in [9.17, 15) is 4.39 Å². The van der Waals surface area contributed by atoms with E-state index in [0.717, 1.165) is 30.8 Å². The Kier molecular flexibility index (Phi) is 5.39. The van der Waals surface area contributed by atoms with E-state index in [2.05, 4.69) is 30.6 Å². The predicted molar refractivity (Wildman–Crippen MR) is 85.2 cm³/mol. The maximum Gasteiger partial charge on any atom is 0.124 e. The Bertz CT molecular complexity index is 534. The molecule has 3 heteroatoms. The molecular formula is C18H25FN2.